The van der Waals surface area contributed by atoms with Gasteiger partial charge in [0, 0.05) is 16.8 Å². The van der Waals surface area contributed by atoms with Gasteiger partial charge in [0.2, 0.25) is 0 Å². The molecular formula is C20H14ClF3N4O. The molecule has 0 bridgehead atoms. The standard InChI is InChI=1S/C20H14ClF3N4O/c21-14-7-5-13(6-8-14)17-18(20(22,23)24)27-28-16(29)9-15(26-19(17)28)12-3-1-11(10-25)2-4-12/h1-9,17-19,26-27H. The first-order valence-electron chi connectivity index (χ1n) is 8.68. The number of amides is 1. The van der Waals surface area contributed by atoms with E-state index in [2.05, 4.69) is 10.7 Å². The van der Waals surface area contributed by atoms with Gasteiger partial charge in [-0.15, -0.1) is 0 Å². The summed E-state index contributed by atoms with van der Waals surface area (Å²) in [6.07, 6.45) is -4.29. The molecule has 9 heteroatoms. The average Bonchev–Trinajstić information content (AvgIpc) is 3.09. The molecule has 3 atom stereocenters. The monoisotopic (exact) mass is 418 g/mol. The number of halogens is 4. The highest BCUT2D eigenvalue weighted by Gasteiger charge is 2.57. The van der Waals surface area contributed by atoms with Gasteiger partial charge in [-0.3, -0.25) is 9.80 Å². The maximum Gasteiger partial charge on any atom is 0.406 e. The molecule has 1 amide bonds. The topological polar surface area (TPSA) is 68.2 Å². The second-order valence-corrected chi connectivity index (χ2v) is 7.21. The zero-order chi connectivity index (χ0) is 20.8. The SMILES string of the molecule is N#Cc1ccc(C2=CC(=O)N3NC(C(F)(F)F)C(c4ccc(Cl)cc4)C3N2)cc1. The van der Waals surface area contributed by atoms with Gasteiger partial charge in [-0.1, -0.05) is 35.9 Å². The van der Waals surface area contributed by atoms with E-state index in [0.717, 1.165) is 5.01 Å². The number of rotatable bonds is 2. The molecule has 29 heavy (non-hydrogen) atoms. The lowest BCUT2D eigenvalue weighted by Gasteiger charge is -2.33. The number of carbonyl (C=O) groups excluding carboxylic acids is 1. The molecular weight excluding hydrogens is 405 g/mol. The van der Waals surface area contributed by atoms with Gasteiger partial charge < -0.3 is 5.32 Å². The van der Waals surface area contributed by atoms with Crippen LogP contribution in [0.3, 0.4) is 0 Å². The van der Waals surface area contributed by atoms with Crippen LogP contribution in [0, 0.1) is 11.3 Å². The van der Waals surface area contributed by atoms with Gasteiger partial charge in [0.05, 0.1) is 17.6 Å². The lowest BCUT2D eigenvalue weighted by Crippen LogP contribution is -2.53. The van der Waals surface area contributed by atoms with Crippen molar-refractivity contribution in [2.45, 2.75) is 24.3 Å². The molecule has 2 N–H and O–H groups in total. The summed E-state index contributed by atoms with van der Waals surface area (Å²) in [7, 11) is 0. The number of fused-ring (bicyclic) bond motifs is 1. The van der Waals surface area contributed by atoms with Crippen molar-refractivity contribution in [2.24, 2.45) is 0 Å². The van der Waals surface area contributed by atoms with Crippen molar-refractivity contribution in [1.29, 1.82) is 5.26 Å². The highest BCUT2D eigenvalue weighted by molar-refractivity contribution is 6.30. The van der Waals surface area contributed by atoms with Gasteiger partial charge in [-0.25, -0.2) is 5.43 Å². The minimum absolute atomic E-state index is 0.393. The molecule has 1 fully saturated rings. The van der Waals surface area contributed by atoms with E-state index in [4.69, 9.17) is 16.9 Å². The van der Waals surface area contributed by atoms with Gasteiger partial charge in [-0.05, 0) is 35.4 Å². The molecule has 0 spiro atoms. The van der Waals surface area contributed by atoms with E-state index in [9.17, 15) is 18.0 Å². The number of benzene rings is 2. The van der Waals surface area contributed by atoms with Crippen molar-refractivity contribution >= 4 is 23.2 Å². The van der Waals surface area contributed by atoms with Crippen molar-refractivity contribution in [2.75, 3.05) is 0 Å². The zero-order valence-electron chi connectivity index (χ0n) is 14.7. The summed E-state index contributed by atoms with van der Waals surface area (Å²) in [5.41, 5.74) is 4.15. The number of hydrogen-bond acceptors (Lipinski definition) is 4. The van der Waals surface area contributed by atoms with Crippen LogP contribution in [0.2, 0.25) is 5.02 Å². The van der Waals surface area contributed by atoms with E-state index in [0.29, 0.717) is 27.4 Å². The van der Waals surface area contributed by atoms with Gasteiger partial charge in [0.15, 0.2) is 0 Å². The van der Waals surface area contributed by atoms with E-state index in [1.807, 2.05) is 6.07 Å². The fourth-order valence-corrected chi connectivity index (χ4v) is 3.76. The lowest BCUT2D eigenvalue weighted by molar-refractivity contribution is -0.161. The number of nitrogens with zero attached hydrogens (tertiary/aromatic N) is 2. The van der Waals surface area contributed by atoms with Gasteiger partial charge in [-0.2, -0.15) is 18.4 Å². The minimum atomic E-state index is -4.57. The van der Waals surface area contributed by atoms with Crippen LogP contribution in [0.15, 0.2) is 54.6 Å². The van der Waals surface area contributed by atoms with E-state index in [-0.39, 0.29) is 0 Å². The summed E-state index contributed by atoms with van der Waals surface area (Å²) < 4.78 is 41.2. The van der Waals surface area contributed by atoms with E-state index < -0.39 is 30.2 Å². The van der Waals surface area contributed by atoms with Crippen molar-refractivity contribution in [3.63, 3.8) is 0 Å². The van der Waals surface area contributed by atoms with Crippen molar-refractivity contribution < 1.29 is 18.0 Å². The Labute approximate surface area is 169 Å². The van der Waals surface area contributed by atoms with Crippen LogP contribution in [0.1, 0.15) is 22.6 Å². The fourth-order valence-electron chi connectivity index (χ4n) is 3.63. The van der Waals surface area contributed by atoms with Crippen LogP contribution >= 0.6 is 11.6 Å². The number of hydrogen-bond donors (Lipinski definition) is 2. The molecule has 2 heterocycles. The van der Waals surface area contributed by atoms with Crippen LogP contribution < -0.4 is 10.7 Å². The summed E-state index contributed by atoms with van der Waals surface area (Å²) in [6, 6.07) is 12.6. The predicted octanol–water partition coefficient (Wildman–Crippen LogP) is 3.54. The van der Waals surface area contributed by atoms with Crippen LogP contribution in [0.5, 0.6) is 0 Å². The first kappa shape index (κ1) is 19.3. The number of nitriles is 1. The second-order valence-electron chi connectivity index (χ2n) is 6.77. The molecule has 2 aliphatic heterocycles. The summed E-state index contributed by atoms with van der Waals surface area (Å²) in [5.74, 6) is -1.67. The Kier molecular flexibility index (Phi) is 4.73. The molecule has 4 rings (SSSR count). The summed E-state index contributed by atoms with van der Waals surface area (Å²) in [6.45, 7) is 0. The highest BCUT2D eigenvalue weighted by Crippen LogP contribution is 2.41. The zero-order valence-corrected chi connectivity index (χ0v) is 15.5. The van der Waals surface area contributed by atoms with Gasteiger partial charge >= 0.3 is 6.18 Å². The first-order valence-corrected chi connectivity index (χ1v) is 9.06. The number of nitrogens with one attached hydrogen (secondary N) is 2. The third-order valence-electron chi connectivity index (χ3n) is 5.00. The van der Waals surface area contributed by atoms with Crippen LogP contribution in [-0.2, 0) is 4.79 Å². The summed E-state index contributed by atoms with van der Waals surface area (Å²) in [4.78, 5) is 12.6. The van der Waals surface area contributed by atoms with Crippen molar-refractivity contribution in [1.82, 2.24) is 15.8 Å². The molecule has 2 aromatic rings. The Morgan fingerprint density at radius 1 is 1.07 bits per heavy atom. The molecule has 1 saturated heterocycles. The first-order chi connectivity index (χ1) is 13.8. The van der Waals surface area contributed by atoms with Gasteiger partial charge in [0.1, 0.15) is 12.2 Å². The van der Waals surface area contributed by atoms with E-state index in [1.165, 1.54) is 30.3 Å². The van der Waals surface area contributed by atoms with Crippen molar-refractivity contribution in [3.05, 3.63) is 76.3 Å². The Morgan fingerprint density at radius 3 is 2.31 bits per heavy atom. The third-order valence-corrected chi connectivity index (χ3v) is 5.25. The third kappa shape index (κ3) is 3.55. The second kappa shape index (κ2) is 7.10. The molecule has 3 unspecified atom stereocenters. The Bertz CT molecular complexity index is 1010. The van der Waals surface area contributed by atoms with Crippen molar-refractivity contribution in [3.8, 4) is 6.07 Å². The maximum absolute atomic E-state index is 13.7. The number of carbonyl (C=O) groups is 1. The molecule has 0 saturated carbocycles. The molecule has 0 radical (unpaired) electrons. The minimum Gasteiger partial charge on any atom is -0.363 e. The number of hydrazine groups is 1. The van der Waals surface area contributed by atoms with Crippen LogP contribution in [0.4, 0.5) is 13.2 Å². The summed E-state index contributed by atoms with van der Waals surface area (Å²) >= 11 is 5.88. The highest BCUT2D eigenvalue weighted by atomic mass is 35.5. The molecule has 0 aromatic heterocycles. The largest absolute Gasteiger partial charge is 0.406 e. The average molecular weight is 419 g/mol. The molecule has 2 aromatic carbocycles. The van der Waals surface area contributed by atoms with Crippen LogP contribution in [0.25, 0.3) is 5.70 Å². The molecule has 148 valence electrons. The van der Waals surface area contributed by atoms with E-state index >= 15 is 0 Å². The van der Waals surface area contributed by atoms with Crippen LogP contribution in [-0.4, -0.2) is 29.3 Å². The van der Waals surface area contributed by atoms with E-state index in [1.54, 1.807) is 24.3 Å². The quantitative estimate of drug-likeness (QED) is 0.782. The molecule has 0 aliphatic carbocycles. The number of alkyl halides is 3. The van der Waals surface area contributed by atoms with Gasteiger partial charge in [0.25, 0.3) is 5.91 Å². The Balaban J connectivity index is 1.72. The normalized spacial score (nSPS) is 23.8. The summed E-state index contributed by atoms with van der Waals surface area (Å²) in [5, 5.41) is 13.4. The molecule has 2 aliphatic rings. The predicted molar refractivity (Wildman–Crippen MR) is 100 cm³/mol. The Morgan fingerprint density at radius 2 is 1.72 bits per heavy atom. The Hall–Kier alpha value is -3.02. The smallest absolute Gasteiger partial charge is 0.363 e. The maximum atomic E-state index is 13.7. The lowest BCUT2D eigenvalue weighted by atomic mass is 9.89. The fraction of sp³-hybridized carbons (Fsp3) is 0.200. The molecule has 5 nitrogen and oxygen atoms in total.